The van der Waals surface area contributed by atoms with E-state index in [1.165, 1.54) is 0 Å². The number of anilines is 1. The maximum Gasteiger partial charge on any atom is 0.274 e. The number of aromatic nitrogens is 3. The van der Waals surface area contributed by atoms with E-state index < -0.39 is 0 Å². The Morgan fingerprint density at radius 3 is 2.57 bits per heavy atom. The van der Waals surface area contributed by atoms with E-state index in [1.54, 1.807) is 43.2 Å². The maximum absolute atomic E-state index is 12.6. The average Bonchev–Trinajstić information content (AvgIpc) is 3.02. The molecular formula is C21H23N5O2. The number of pyridine rings is 1. The van der Waals surface area contributed by atoms with E-state index in [0.29, 0.717) is 35.6 Å². The molecule has 28 heavy (non-hydrogen) atoms. The second-order valence-corrected chi connectivity index (χ2v) is 6.60. The Balaban J connectivity index is 1.67. The molecule has 3 aromatic rings. The van der Waals surface area contributed by atoms with Gasteiger partial charge < -0.3 is 15.2 Å². The smallest absolute Gasteiger partial charge is 0.274 e. The van der Waals surface area contributed by atoms with Crippen LogP contribution in [0.3, 0.4) is 0 Å². The first-order valence-corrected chi connectivity index (χ1v) is 9.03. The lowest BCUT2D eigenvalue weighted by molar-refractivity contribution is 0.0952. The number of carbonyl (C=O) groups excluding carboxylic acids is 2. The molecule has 7 heteroatoms. The summed E-state index contributed by atoms with van der Waals surface area (Å²) >= 11 is 0. The molecule has 0 fully saturated rings. The van der Waals surface area contributed by atoms with Crippen molar-refractivity contribution in [2.75, 3.05) is 11.9 Å². The van der Waals surface area contributed by atoms with Gasteiger partial charge in [-0.2, -0.15) is 0 Å². The van der Waals surface area contributed by atoms with Crippen LogP contribution >= 0.6 is 0 Å². The van der Waals surface area contributed by atoms with E-state index in [9.17, 15) is 9.59 Å². The van der Waals surface area contributed by atoms with E-state index in [1.807, 2.05) is 31.2 Å². The zero-order valence-electron chi connectivity index (χ0n) is 16.2. The van der Waals surface area contributed by atoms with Gasteiger partial charge >= 0.3 is 0 Å². The fourth-order valence-corrected chi connectivity index (χ4v) is 2.90. The van der Waals surface area contributed by atoms with Gasteiger partial charge in [0.05, 0.1) is 12.0 Å². The fraction of sp³-hybridized carbons (Fsp3) is 0.238. The molecule has 0 atom stereocenters. The molecule has 2 amide bonds. The number of nitrogens with one attached hydrogen (secondary N) is 2. The zero-order valence-corrected chi connectivity index (χ0v) is 16.2. The zero-order chi connectivity index (χ0) is 20.1. The SMILES string of the molecule is Cc1ccc(C(=O)NCCc2ccccn2)cc1NC(=O)c1c(C)ncn1C. The number of hydrogen-bond acceptors (Lipinski definition) is 4. The first-order chi connectivity index (χ1) is 13.5. The molecule has 0 spiro atoms. The van der Waals surface area contributed by atoms with Gasteiger partial charge in [0.25, 0.3) is 11.8 Å². The number of carbonyl (C=O) groups is 2. The lowest BCUT2D eigenvalue weighted by atomic mass is 10.1. The van der Waals surface area contributed by atoms with Crippen LogP contribution in [0.2, 0.25) is 0 Å². The topological polar surface area (TPSA) is 88.9 Å². The van der Waals surface area contributed by atoms with Crippen molar-refractivity contribution in [2.24, 2.45) is 7.05 Å². The molecule has 2 aromatic heterocycles. The standard InChI is InChI=1S/C21H23N5O2/c1-14-7-8-16(20(27)23-11-9-17-6-4-5-10-22-17)12-18(14)25-21(28)19-15(2)24-13-26(19)3/h4-8,10,12-13H,9,11H2,1-3H3,(H,23,27)(H,25,28). The van der Waals surface area contributed by atoms with Gasteiger partial charge in [-0.25, -0.2) is 4.98 Å². The highest BCUT2D eigenvalue weighted by Gasteiger charge is 2.16. The molecule has 0 aliphatic heterocycles. The monoisotopic (exact) mass is 377 g/mol. The third kappa shape index (κ3) is 4.43. The van der Waals surface area contributed by atoms with Gasteiger partial charge in [0, 0.05) is 43.2 Å². The molecule has 0 saturated heterocycles. The lowest BCUT2D eigenvalue weighted by Crippen LogP contribution is -2.26. The molecule has 144 valence electrons. The summed E-state index contributed by atoms with van der Waals surface area (Å²) in [5, 5.41) is 5.77. The third-order valence-electron chi connectivity index (χ3n) is 4.48. The summed E-state index contributed by atoms with van der Waals surface area (Å²) in [5.74, 6) is -0.448. The molecule has 2 N–H and O–H groups in total. The number of benzene rings is 1. The van der Waals surface area contributed by atoms with E-state index in [4.69, 9.17) is 0 Å². The van der Waals surface area contributed by atoms with Crippen molar-refractivity contribution < 1.29 is 9.59 Å². The Kier molecular flexibility index (Phi) is 5.84. The Bertz CT molecular complexity index is 976. The highest BCUT2D eigenvalue weighted by molar-refractivity contribution is 6.05. The van der Waals surface area contributed by atoms with Crippen LogP contribution in [-0.4, -0.2) is 32.9 Å². The number of aryl methyl sites for hydroxylation is 3. The minimum Gasteiger partial charge on any atom is -0.352 e. The van der Waals surface area contributed by atoms with Crippen molar-refractivity contribution in [1.82, 2.24) is 19.9 Å². The van der Waals surface area contributed by atoms with Crippen LogP contribution < -0.4 is 10.6 Å². The van der Waals surface area contributed by atoms with Gasteiger partial charge in [-0.05, 0) is 43.7 Å². The molecule has 0 aliphatic carbocycles. The lowest BCUT2D eigenvalue weighted by Gasteiger charge is -2.12. The average molecular weight is 377 g/mol. The van der Waals surface area contributed by atoms with Gasteiger partial charge in [-0.3, -0.25) is 14.6 Å². The van der Waals surface area contributed by atoms with Crippen molar-refractivity contribution in [3.8, 4) is 0 Å². The predicted molar refractivity (Wildman–Crippen MR) is 107 cm³/mol. The summed E-state index contributed by atoms with van der Waals surface area (Å²) in [5.41, 5.74) is 4.03. The Hall–Kier alpha value is -3.48. The molecule has 1 aromatic carbocycles. The third-order valence-corrected chi connectivity index (χ3v) is 4.48. The van der Waals surface area contributed by atoms with Crippen LogP contribution in [0.15, 0.2) is 48.9 Å². The van der Waals surface area contributed by atoms with Gasteiger partial charge in [-0.1, -0.05) is 12.1 Å². The van der Waals surface area contributed by atoms with E-state index in [0.717, 1.165) is 11.3 Å². The molecule has 0 bridgehead atoms. The first kappa shape index (κ1) is 19.3. The summed E-state index contributed by atoms with van der Waals surface area (Å²) in [6.07, 6.45) is 3.99. The van der Waals surface area contributed by atoms with Crippen LogP contribution in [0.1, 0.15) is 37.8 Å². The van der Waals surface area contributed by atoms with Crippen molar-refractivity contribution in [2.45, 2.75) is 20.3 Å². The summed E-state index contributed by atoms with van der Waals surface area (Å²) in [6, 6.07) is 11.0. The highest BCUT2D eigenvalue weighted by atomic mass is 16.2. The molecule has 0 saturated carbocycles. The summed E-state index contributed by atoms with van der Waals surface area (Å²) < 4.78 is 1.67. The second kappa shape index (κ2) is 8.47. The van der Waals surface area contributed by atoms with Crippen molar-refractivity contribution in [1.29, 1.82) is 0 Å². The van der Waals surface area contributed by atoms with Crippen LogP contribution in [-0.2, 0) is 13.5 Å². The molecular weight excluding hydrogens is 354 g/mol. The largest absolute Gasteiger partial charge is 0.352 e. The molecule has 0 aliphatic rings. The number of amides is 2. The van der Waals surface area contributed by atoms with Crippen LogP contribution in [0.5, 0.6) is 0 Å². The second-order valence-electron chi connectivity index (χ2n) is 6.60. The van der Waals surface area contributed by atoms with Crippen molar-refractivity contribution in [3.63, 3.8) is 0 Å². The van der Waals surface area contributed by atoms with Gasteiger partial charge in [0.15, 0.2) is 0 Å². The minimum atomic E-state index is -0.256. The van der Waals surface area contributed by atoms with Crippen LogP contribution in [0.4, 0.5) is 5.69 Å². The molecule has 0 radical (unpaired) electrons. The summed E-state index contributed by atoms with van der Waals surface area (Å²) in [6.45, 7) is 4.15. The predicted octanol–water partition coefficient (Wildman–Crippen LogP) is 2.66. The van der Waals surface area contributed by atoms with E-state index in [2.05, 4.69) is 20.6 Å². The Morgan fingerprint density at radius 2 is 1.89 bits per heavy atom. The Morgan fingerprint density at radius 1 is 1.07 bits per heavy atom. The summed E-state index contributed by atoms with van der Waals surface area (Å²) in [4.78, 5) is 33.4. The normalized spacial score (nSPS) is 10.5. The summed E-state index contributed by atoms with van der Waals surface area (Å²) in [7, 11) is 1.77. The van der Waals surface area contributed by atoms with E-state index >= 15 is 0 Å². The highest BCUT2D eigenvalue weighted by Crippen LogP contribution is 2.18. The fourth-order valence-electron chi connectivity index (χ4n) is 2.90. The van der Waals surface area contributed by atoms with Crippen molar-refractivity contribution >= 4 is 17.5 Å². The Labute approximate surface area is 163 Å². The van der Waals surface area contributed by atoms with Crippen LogP contribution in [0.25, 0.3) is 0 Å². The van der Waals surface area contributed by atoms with E-state index in [-0.39, 0.29) is 11.8 Å². The van der Waals surface area contributed by atoms with Crippen LogP contribution in [0, 0.1) is 13.8 Å². The number of hydrogen-bond donors (Lipinski definition) is 2. The molecule has 2 heterocycles. The van der Waals surface area contributed by atoms with Gasteiger partial charge in [0.2, 0.25) is 0 Å². The van der Waals surface area contributed by atoms with Gasteiger partial charge in [-0.15, -0.1) is 0 Å². The molecule has 3 rings (SSSR count). The van der Waals surface area contributed by atoms with Crippen molar-refractivity contribution in [3.05, 3.63) is 77.1 Å². The number of nitrogens with zero attached hydrogens (tertiary/aromatic N) is 3. The minimum absolute atomic E-state index is 0.192. The number of imidazole rings is 1. The maximum atomic E-state index is 12.6. The van der Waals surface area contributed by atoms with Gasteiger partial charge in [0.1, 0.15) is 5.69 Å². The molecule has 7 nitrogen and oxygen atoms in total. The molecule has 0 unspecified atom stereocenters. The first-order valence-electron chi connectivity index (χ1n) is 9.03. The number of rotatable bonds is 6. The quantitative estimate of drug-likeness (QED) is 0.691.